The molecule has 3 rings (SSSR count). The van der Waals surface area contributed by atoms with Crippen LogP contribution in [0.15, 0.2) is 30.3 Å². The van der Waals surface area contributed by atoms with E-state index in [4.69, 9.17) is 0 Å². The Morgan fingerprint density at radius 2 is 1.88 bits per heavy atom. The first kappa shape index (κ1) is 16.6. The minimum Gasteiger partial charge on any atom is -0.344 e. The van der Waals surface area contributed by atoms with Crippen molar-refractivity contribution in [3.63, 3.8) is 0 Å². The molecule has 0 bridgehead atoms. The van der Waals surface area contributed by atoms with E-state index < -0.39 is 6.04 Å². The van der Waals surface area contributed by atoms with Crippen LogP contribution in [0.2, 0.25) is 0 Å². The maximum atomic E-state index is 12.6. The number of hydrogen-bond acceptors (Lipinski definition) is 5. The average molecular weight is 344 g/mol. The van der Waals surface area contributed by atoms with Gasteiger partial charge in [-0.1, -0.05) is 54.5 Å². The Hall–Kier alpha value is -2.28. The first-order valence-corrected chi connectivity index (χ1v) is 8.92. The number of hydrogen-bond donors (Lipinski definition) is 2. The Morgan fingerprint density at radius 1 is 1.17 bits per heavy atom. The number of benzene rings is 1. The smallest absolute Gasteiger partial charge is 0.249 e. The van der Waals surface area contributed by atoms with E-state index in [2.05, 4.69) is 20.8 Å². The summed E-state index contributed by atoms with van der Waals surface area (Å²) in [5.41, 5.74) is 0.963. The molecule has 0 saturated heterocycles. The number of rotatable bonds is 5. The van der Waals surface area contributed by atoms with Crippen LogP contribution in [0.3, 0.4) is 0 Å². The number of carbonyl (C=O) groups is 2. The van der Waals surface area contributed by atoms with Crippen molar-refractivity contribution in [3.05, 3.63) is 30.3 Å². The molecule has 7 heteroatoms. The highest BCUT2D eigenvalue weighted by atomic mass is 32.1. The van der Waals surface area contributed by atoms with Gasteiger partial charge in [0.15, 0.2) is 0 Å². The lowest BCUT2D eigenvalue weighted by Crippen LogP contribution is -2.47. The fourth-order valence-corrected chi connectivity index (χ4v) is 3.81. The molecule has 0 aliphatic heterocycles. The van der Waals surface area contributed by atoms with Crippen molar-refractivity contribution in [2.24, 2.45) is 5.92 Å². The van der Waals surface area contributed by atoms with Crippen LogP contribution in [0, 0.1) is 5.92 Å². The SMILES string of the molecule is CC(=O)NC(C(=O)Nc1nnc(-c2ccccc2)s1)C1CCCC1. The fourth-order valence-electron chi connectivity index (χ4n) is 3.06. The summed E-state index contributed by atoms with van der Waals surface area (Å²) >= 11 is 1.33. The second-order valence-corrected chi connectivity index (χ2v) is 6.97. The number of nitrogens with one attached hydrogen (secondary N) is 2. The van der Waals surface area contributed by atoms with Crippen LogP contribution in [0.4, 0.5) is 5.13 Å². The molecule has 24 heavy (non-hydrogen) atoms. The quantitative estimate of drug-likeness (QED) is 0.873. The summed E-state index contributed by atoms with van der Waals surface area (Å²) in [7, 11) is 0. The molecular formula is C17H20N4O2S. The molecule has 0 radical (unpaired) electrons. The van der Waals surface area contributed by atoms with Gasteiger partial charge in [-0.25, -0.2) is 0 Å². The van der Waals surface area contributed by atoms with Gasteiger partial charge < -0.3 is 5.32 Å². The molecule has 1 aliphatic carbocycles. The molecule has 1 aliphatic rings. The van der Waals surface area contributed by atoms with Crippen molar-refractivity contribution >= 4 is 28.3 Å². The van der Waals surface area contributed by atoms with Crippen molar-refractivity contribution in [2.45, 2.75) is 38.6 Å². The van der Waals surface area contributed by atoms with Crippen molar-refractivity contribution in [1.29, 1.82) is 0 Å². The fraction of sp³-hybridized carbons (Fsp3) is 0.412. The third-order valence-corrected chi connectivity index (χ3v) is 5.08. The Morgan fingerprint density at radius 3 is 2.54 bits per heavy atom. The minimum atomic E-state index is -0.505. The van der Waals surface area contributed by atoms with Gasteiger partial charge in [0, 0.05) is 12.5 Å². The molecule has 1 fully saturated rings. The highest BCUT2D eigenvalue weighted by Crippen LogP contribution is 2.30. The second kappa shape index (κ2) is 7.53. The topological polar surface area (TPSA) is 84.0 Å². The molecule has 1 saturated carbocycles. The molecule has 6 nitrogen and oxygen atoms in total. The van der Waals surface area contributed by atoms with Crippen molar-refractivity contribution in [2.75, 3.05) is 5.32 Å². The summed E-state index contributed by atoms with van der Waals surface area (Å²) in [6, 6.07) is 9.20. The Bertz CT molecular complexity index is 710. The molecule has 2 amide bonds. The summed E-state index contributed by atoms with van der Waals surface area (Å²) in [6.45, 7) is 1.44. The van der Waals surface area contributed by atoms with E-state index in [0.29, 0.717) is 5.13 Å². The predicted molar refractivity (Wildman–Crippen MR) is 93.5 cm³/mol. The summed E-state index contributed by atoms with van der Waals surface area (Å²) in [4.78, 5) is 24.0. The number of amides is 2. The summed E-state index contributed by atoms with van der Waals surface area (Å²) in [5.74, 6) is -0.215. The maximum absolute atomic E-state index is 12.6. The van der Waals surface area contributed by atoms with Crippen LogP contribution in [0.5, 0.6) is 0 Å². The molecule has 2 aromatic rings. The number of aromatic nitrogens is 2. The van der Waals surface area contributed by atoms with Crippen LogP contribution in [-0.2, 0) is 9.59 Å². The molecular weight excluding hydrogens is 324 g/mol. The van der Waals surface area contributed by atoms with E-state index in [-0.39, 0.29) is 17.7 Å². The third kappa shape index (κ3) is 3.97. The van der Waals surface area contributed by atoms with Gasteiger partial charge >= 0.3 is 0 Å². The van der Waals surface area contributed by atoms with E-state index in [1.54, 1.807) is 0 Å². The Labute approximate surface area is 144 Å². The highest BCUT2D eigenvalue weighted by Gasteiger charge is 2.31. The minimum absolute atomic E-state index is 0.190. The maximum Gasteiger partial charge on any atom is 0.249 e. The third-order valence-electron chi connectivity index (χ3n) is 4.19. The van der Waals surface area contributed by atoms with Gasteiger partial charge in [-0.3, -0.25) is 14.9 Å². The molecule has 1 heterocycles. The van der Waals surface area contributed by atoms with Crippen molar-refractivity contribution in [1.82, 2.24) is 15.5 Å². The first-order valence-electron chi connectivity index (χ1n) is 8.10. The highest BCUT2D eigenvalue weighted by molar-refractivity contribution is 7.18. The van der Waals surface area contributed by atoms with Gasteiger partial charge in [0.1, 0.15) is 11.0 Å². The molecule has 1 atom stereocenters. The lowest BCUT2D eigenvalue weighted by Gasteiger charge is -2.22. The lowest BCUT2D eigenvalue weighted by atomic mass is 9.97. The summed E-state index contributed by atoms with van der Waals surface area (Å²) in [5, 5.41) is 15.0. The predicted octanol–water partition coefficient (Wildman–Crippen LogP) is 2.84. The van der Waals surface area contributed by atoms with E-state index in [1.165, 1.54) is 18.3 Å². The van der Waals surface area contributed by atoms with Gasteiger partial charge in [0.25, 0.3) is 0 Å². The van der Waals surface area contributed by atoms with Gasteiger partial charge in [-0.05, 0) is 18.8 Å². The normalized spacial score (nSPS) is 15.9. The molecule has 0 spiro atoms. The second-order valence-electron chi connectivity index (χ2n) is 5.99. The van der Waals surface area contributed by atoms with E-state index in [0.717, 1.165) is 36.3 Å². The number of nitrogens with zero attached hydrogens (tertiary/aromatic N) is 2. The van der Waals surface area contributed by atoms with Crippen molar-refractivity contribution in [3.8, 4) is 10.6 Å². The van der Waals surface area contributed by atoms with Crippen LogP contribution in [0.25, 0.3) is 10.6 Å². The van der Waals surface area contributed by atoms with Crippen LogP contribution in [-0.4, -0.2) is 28.1 Å². The van der Waals surface area contributed by atoms with Crippen LogP contribution in [0.1, 0.15) is 32.6 Å². The molecule has 1 unspecified atom stereocenters. The average Bonchev–Trinajstić information content (AvgIpc) is 3.25. The zero-order valence-corrected chi connectivity index (χ0v) is 14.3. The number of carbonyl (C=O) groups excluding carboxylic acids is 2. The van der Waals surface area contributed by atoms with E-state index in [1.807, 2.05) is 30.3 Å². The zero-order chi connectivity index (χ0) is 16.9. The summed E-state index contributed by atoms with van der Waals surface area (Å²) < 4.78 is 0. The largest absolute Gasteiger partial charge is 0.344 e. The standard InChI is InChI=1S/C17H20N4O2S/c1-11(22)18-14(12-7-5-6-8-12)15(23)19-17-21-20-16(24-17)13-9-3-2-4-10-13/h2-4,9-10,12,14H,5-8H2,1H3,(H,18,22)(H,19,21,23). The Balaban J connectivity index is 1.70. The van der Waals surface area contributed by atoms with Gasteiger partial charge in [-0.15, -0.1) is 10.2 Å². The van der Waals surface area contributed by atoms with Gasteiger partial charge in [0.05, 0.1) is 0 Å². The van der Waals surface area contributed by atoms with Gasteiger partial charge in [0.2, 0.25) is 16.9 Å². The lowest BCUT2D eigenvalue weighted by molar-refractivity contribution is -0.126. The van der Waals surface area contributed by atoms with Crippen LogP contribution < -0.4 is 10.6 Å². The van der Waals surface area contributed by atoms with E-state index in [9.17, 15) is 9.59 Å². The Kier molecular flexibility index (Phi) is 5.20. The summed E-state index contributed by atoms with van der Waals surface area (Å²) in [6.07, 6.45) is 4.13. The van der Waals surface area contributed by atoms with E-state index >= 15 is 0 Å². The monoisotopic (exact) mass is 344 g/mol. The molecule has 126 valence electrons. The van der Waals surface area contributed by atoms with Crippen molar-refractivity contribution < 1.29 is 9.59 Å². The molecule has 1 aromatic carbocycles. The van der Waals surface area contributed by atoms with Gasteiger partial charge in [-0.2, -0.15) is 0 Å². The number of anilines is 1. The molecule has 1 aromatic heterocycles. The zero-order valence-electron chi connectivity index (χ0n) is 13.5. The van der Waals surface area contributed by atoms with Crippen LogP contribution >= 0.6 is 11.3 Å². The first-order chi connectivity index (χ1) is 11.6. The molecule has 2 N–H and O–H groups in total.